The first-order valence-corrected chi connectivity index (χ1v) is 13.9. The van der Waals surface area contributed by atoms with Crippen molar-refractivity contribution in [3.05, 3.63) is 90.5 Å². The molecule has 0 N–H and O–H groups in total. The molecule has 0 spiro atoms. The number of anilines is 1. The van der Waals surface area contributed by atoms with Gasteiger partial charge in [-0.1, -0.05) is 109 Å². The van der Waals surface area contributed by atoms with Crippen molar-refractivity contribution in [2.45, 2.75) is 74.3 Å². The number of rotatable bonds is 12. The average Bonchev–Trinajstić information content (AvgIpc) is 2.95. The fourth-order valence-electron chi connectivity index (χ4n) is 3.46. The van der Waals surface area contributed by atoms with Crippen LogP contribution in [-0.4, -0.2) is 31.6 Å². The summed E-state index contributed by atoms with van der Waals surface area (Å²) < 4.78 is 0. The summed E-state index contributed by atoms with van der Waals surface area (Å²) in [6.45, 7) is 22.9. The van der Waals surface area contributed by atoms with Crippen molar-refractivity contribution in [2.24, 2.45) is 5.92 Å². The summed E-state index contributed by atoms with van der Waals surface area (Å²) in [6.07, 6.45) is 15.6. The predicted octanol–water partition coefficient (Wildman–Crippen LogP) is 9.23. The first kappa shape index (κ1) is 35.4. The lowest BCUT2D eigenvalue weighted by Crippen LogP contribution is -2.28. The largest absolute Gasteiger partial charge is 0.370 e. The molecule has 1 atom stereocenters. The Labute approximate surface area is 225 Å². The van der Waals surface area contributed by atoms with Gasteiger partial charge in [0.25, 0.3) is 0 Å². The summed E-state index contributed by atoms with van der Waals surface area (Å²) in [6, 6.07) is 18.5. The van der Waals surface area contributed by atoms with Crippen LogP contribution in [-0.2, 0) is 6.54 Å². The molecule has 0 aromatic heterocycles. The van der Waals surface area contributed by atoms with Crippen LogP contribution in [0.15, 0.2) is 79.4 Å². The molecule has 2 heteroatoms. The van der Waals surface area contributed by atoms with Crippen LogP contribution in [0.5, 0.6) is 0 Å². The normalized spacial score (nSPS) is 10.6. The van der Waals surface area contributed by atoms with E-state index in [0.29, 0.717) is 5.92 Å². The van der Waals surface area contributed by atoms with Crippen LogP contribution in [0.3, 0.4) is 0 Å². The van der Waals surface area contributed by atoms with Gasteiger partial charge in [0.1, 0.15) is 0 Å². The molecule has 1 unspecified atom stereocenters. The van der Waals surface area contributed by atoms with Gasteiger partial charge in [-0.05, 0) is 61.7 Å². The maximum absolute atomic E-state index is 5.34. The first-order valence-electron chi connectivity index (χ1n) is 13.9. The van der Waals surface area contributed by atoms with Crippen LogP contribution >= 0.6 is 0 Å². The van der Waals surface area contributed by atoms with E-state index in [0.717, 1.165) is 31.6 Å². The Morgan fingerprint density at radius 3 is 1.97 bits per heavy atom. The highest BCUT2D eigenvalue weighted by Gasteiger charge is 2.07. The number of benzene rings is 2. The van der Waals surface area contributed by atoms with Gasteiger partial charge in [0.15, 0.2) is 0 Å². The van der Waals surface area contributed by atoms with Crippen LogP contribution in [0.1, 0.15) is 78.9 Å². The van der Waals surface area contributed by atoms with Crippen molar-refractivity contribution in [3.8, 4) is 12.3 Å². The standard InChI is InChI=1S/C16H15N.C14H27N.2C2H6/c1-3-14-9-11-16(12-10-14)17(2)13-15-7-5-4-6-8-15;1-5-9-10-12-14(11-6-2)13-15(7-3)8-4;2*1-2/h1,4-12H,13H2,2H3;6,10,12,14H,2,5,7-9,11,13H2,1,3-4H3;2*1-2H3/b;12-10+;;. The fraction of sp³-hybridized carbons (Fsp3) is 0.471. The Kier molecular flexibility index (Phi) is 24.9. The minimum absolute atomic E-state index is 0.647. The van der Waals surface area contributed by atoms with Crippen molar-refractivity contribution >= 4 is 5.69 Å². The highest BCUT2D eigenvalue weighted by Crippen LogP contribution is 2.16. The van der Waals surface area contributed by atoms with E-state index in [9.17, 15) is 0 Å². The molecule has 0 saturated carbocycles. The first-order chi connectivity index (χ1) is 17.6. The van der Waals surface area contributed by atoms with Gasteiger partial charge >= 0.3 is 0 Å². The SMILES string of the molecule is C#Cc1ccc(N(C)Cc2ccccc2)cc1.C=CCC(/C=C/CCC)CN(CC)CC.CC.CC. The van der Waals surface area contributed by atoms with Gasteiger partial charge in [0, 0.05) is 31.4 Å². The van der Waals surface area contributed by atoms with E-state index in [4.69, 9.17) is 6.42 Å². The Hall–Kier alpha value is -2.76. The van der Waals surface area contributed by atoms with E-state index in [1.165, 1.54) is 30.6 Å². The molecule has 0 aliphatic rings. The molecule has 0 heterocycles. The van der Waals surface area contributed by atoms with Gasteiger partial charge in [-0.2, -0.15) is 0 Å². The van der Waals surface area contributed by atoms with Crippen LogP contribution in [0.4, 0.5) is 5.69 Å². The zero-order valence-corrected chi connectivity index (χ0v) is 24.6. The molecule has 2 aromatic rings. The van der Waals surface area contributed by atoms with Crippen molar-refractivity contribution in [3.63, 3.8) is 0 Å². The number of unbranched alkanes of at least 4 members (excludes halogenated alkanes) is 1. The zero-order chi connectivity index (χ0) is 27.6. The van der Waals surface area contributed by atoms with E-state index in [-0.39, 0.29) is 0 Å². The smallest absolute Gasteiger partial charge is 0.0426 e. The molecule has 2 aromatic carbocycles. The summed E-state index contributed by atoms with van der Waals surface area (Å²) in [5.74, 6) is 3.27. The summed E-state index contributed by atoms with van der Waals surface area (Å²) in [7, 11) is 2.08. The summed E-state index contributed by atoms with van der Waals surface area (Å²) >= 11 is 0. The second-order valence-corrected chi connectivity index (χ2v) is 8.02. The fourth-order valence-corrected chi connectivity index (χ4v) is 3.46. The summed E-state index contributed by atoms with van der Waals surface area (Å²) in [5.41, 5.74) is 3.39. The highest BCUT2D eigenvalue weighted by molar-refractivity contribution is 5.50. The zero-order valence-electron chi connectivity index (χ0n) is 24.6. The number of nitrogens with zero attached hydrogens (tertiary/aromatic N) is 2. The van der Waals surface area contributed by atoms with Crippen molar-refractivity contribution in [1.29, 1.82) is 0 Å². The van der Waals surface area contributed by atoms with Gasteiger partial charge in [-0.3, -0.25) is 0 Å². The molecule has 2 nitrogen and oxygen atoms in total. The molecule has 0 aliphatic heterocycles. The van der Waals surface area contributed by atoms with E-state index in [2.05, 4.69) is 98.7 Å². The molecule has 0 bridgehead atoms. The molecule has 2 rings (SSSR count). The van der Waals surface area contributed by atoms with E-state index >= 15 is 0 Å². The second kappa shape index (κ2) is 25.3. The molecule has 0 aliphatic carbocycles. The Balaban J connectivity index is 0. The molecule has 0 fully saturated rings. The van der Waals surface area contributed by atoms with Crippen LogP contribution in [0, 0.1) is 18.3 Å². The van der Waals surface area contributed by atoms with Crippen molar-refractivity contribution < 1.29 is 0 Å². The minimum atomic E-state index is 0.647. The molecule has 0 saturated heterocycles. The van der Waals surface area contributed by atoms with Gasteiger partial charge in [-0.25, -0.2) is 0 Å². The molecule has 0 amide bonds. The third kappa shape index (κ3) is 16.8. The predicted molar refractivity (Wildman–Crippen MR) is 166 cm³/mol. The number of terminal acetylenes is 1. The van der Waals surface area contributed by atoms with Crippen LogP contribution in [0.25, 0.3) is 0 Å². The molecule has 36 heavy (non-hydrogen) atoms. The maximum atomic E-state index is 5.34. The monoisotopic (exact) mass is 490 g/mol. The maximum Gasteiger partial charge on any atom is 0.0426 e. The van der Waals surface area contributed by atoms with E-state index in [1.807, 2.05) is 52.0 Å². The topological polar surface area (TPSA) is 6.48 Å². The van der Waals surface area contributed by atoms with Gasteiger partial charge in [0.2, 0.25) is 0 Å². The van der Waals surface area contributed by atoms with Gasteiger partial charge < -0.3 is 9.80 Å². The van der Waals surface area contributed by atoms with Gasteiger partial charge in [-0.15, -0.1) is 13.0 Å². The van der Waals surface area contributed by atoms with Crippen molar-refractivity contribution in [2.75, 3.05) is 31.6 Å². The summed E-state index contributed by atoms with van der Waals surface area (Å²) in [4.78, 5) is 4.68. The third-order valence-electron chi connectivity index (χ3n) is 5.46. The molecular formula is C34H54N2. The lowest BCUT2D eigenvalue weighted by molar-refractivity contribution is 0.273. The lowest BCUT2D eigenvalue weighted by atomic mass is 10.0. The minimum Gasteiger partial charge on any atom is -0.370 e. The molecule has 0 radical (unpaired) electrons. The van der Waals surface area contributed by atoms with Crippen molar-refractivity contribution in [1.82, 2.24) is 4.90 Å². The van der Waals surface area contributed by atoms with E-state index in [1.54, 1.807) is 0 Å². The van der Waals surface area contributed by atoms with Crippen LogP contribution < -0.4 is 4.90 Å². The lowest BCUT2D eigenvalue weighted by Gasteiger charge is -2.22. The quantitative estimate of drug-likeness (QED) is 0.216. The Morgan fingerprint density at radius 1 is 0.917 bits per heavy atom. The Morgan fingerprint density at radius 2 is 1.50 bits per heavy atom. The van der Waals surface area contributed by atoms with E-state index < -0.39 is 0 Å². The van der Waals surface area contributed by atoms with Crippen LogP contribution in [0.2, 0.25) is 0 Å². The third-order valence-corrected chi connectivity index (χ3v) is 5.46. The van der Waals surface area contributed by atoms with Gasteiger partial charge in [0.05, 0.1) is 0 Å². The average molecular weight is 491 g/mol. The number of allylic oxidation sites excluding steroid dienone is 2. The molecule has 200 valence electrons. The summed E-state index contributed by atoms with van der Waals surface area (Å²) in [5, 5.41) is 0. The number of hydrogen-bond donors (Lipinski definition) is 0. The highest BCUT2D eigenvalue weighted by atomic mass is 15.1. The Bertz CT molecular complexity index is 795. The molecular weight excluding hydrogens is 436 g/mol. The number of hydrogen-bond acceptors (Lipinski definition) is 2. The second-order valence-electron chi connectivity index (χ2n) is 8.02.